The first-order valence-corrected chi connectivity index (χ1v) is 5.13. The van der Waals surface area contributed by atoms with Crippen LogP contribution in [0, 0.1) is 22.5 Å². The van der Waals surface area contributed by atoms with E-state index in [1.807, 2.05) is 0 Å². The normalized spacial score (nSPS) is 9.47. The standard InChI is InChI=1S/C11H11N3O5/c1-3-4-12-10(15)7-19-11(16)9-5-8(14(17)18)6-13(9)2/h1,5-6H,4,7H2,2H3,(H,12,15). The molecule has 1 amide bonds. The highest BCUT2D eigenvalue weighted by molar-refractivity contribution is 5.90. The minimum absolute atomic E-state index is 0.0172. The molecule has 1 rings (SSSR count). The molecule has 0 aliphatic heterocycles. The number of amides is 1. The quantitative estimate of drug-likeness (QED) is 0.345. The number of hydrogen-bond acceptors (Lipinski definition) is 5. The number of carbonyl (C=O) groups excluding carboxylic acids is 2. The van der Waals surface area contributed by atoms with E-state index in [1.54, 1.807) is 0 Å². The third kappa shape index (κ3) is 3.85. The number of ether oxygens (including phenoxy) is 1. The molecule has 19 heavy (non-hydrogen) atoms. The average molecular weight is 265 g/mol. The second kappa shape index (κ2) is 6.20. The summed E-state index contributed by atoms with van der Waals surface area (Å²) in [7, 11) is 1.46. The van der Waals surface area contributed by atoms with Crippen molar-refractivity contribution in [3.05, 3.63) is 28.1 Å². The van der Waals surface area contributed by atoms with Crippen LogP contribution >= 0.6 is 0 Å². The van der Waals surface area contributed by atoms with Gasteiger partial charge >= 0.3 is 5.97 Å². The molecule has 0 atom stereocenters. The second-order valence-electron chi connectivity index (χ2n) is 3.51. The Balaban J connectivity index is 2.61. The smallest absolute Gasteiger partial charge is 0.355 e. The first-order valence-electron chi connectivity index (χ1n) is 5.13. The SMILES string of the molecule is C#CCNC(=O)COC(=O)c1cc([N+](=O)[O-])cn1C. The number of carbonyl (C=O) groups is 2. The molecule has 0 radical (unpaired) electrons. The molecular formula is C11H11N3O5. The lowest BCUT2D eigenvalue weighted by Crippen LogP contribution is -2.29. The number of nitro groups is 1. The minimum Gasteiger partial charge on any atom is -0.451 e. The zero-order chi connectivity index (χ0) is 14.4. The number of hydrogen-bond donors (Lipinski definition) is 1. The van der Waals surface area contributed by atoms with Crippen LogP contribution in [0.4, 0.5) is 5.69 Å². The fourth-order valence-electron chi connectivity index (χ4n) is 1.26. The third-order valence-corrected chi connectivity index (χ3v) is 2.13. The molecule has 1 heterocycles. The minimum atomic E-state index is -0.827. The molecule has 8 nitrogen and oxygen atoms in total. The summed E-state index contributed by atoms with van der Waals surface area (Å²) in [5.41, 5.74) is -0.248. The molecule has 0 bridgehead atoms. The van der Waals surface area contributed by atoms with Crippen LogP contribution in [0.1, 0.15) is 10.5 Å². The van der Waals surface area contributed by atoms with Crippen LogP contribution in [0.3, 0.4) is 0 Å². The van der Waals surface area contributed by atoms with Gasteiger partial charge in [0.1, 0.15) is 5.69 Å². The van der Waals surface area contributed by atoms with Crippen molar-refractivity contribution in [1.29, 1.82) is 0 Å². The summed E-state index contributed by atoms with van der Waals surface area (Å²) in [6.45, 7) is -0.467. The van der Waals surface area contributed by atoms with Crippen LogP contribution in [0.15, 0.2) is 12.3 Å². The first kappa shape index (κ1) is 14.2. The maximum atomic E-state index is 11.6. The number of rotatable bonds is 5. The van der Waals surface area contributed by atoms with Gasteiger partial charge < -0.3 is 14.6 Å². The summed E-state index contributed by atoms with van der Waals surface area (Å²) in [4.78, 5) is 32.6. The number of terminal acetylenes is 1. The Hall–Kier alpha value is -2.82. The number of nitrogens with zero attached hydrogens (tertiary/aromatic N) is 2. The fraction of sp³-hybridized carbons (Fsp3) is 0.273. The van der Waals surface area contributed by atoms with Crippen LogP contribution in [0.25, 0.3) is 0 Å². The van der Waals surface area contributed by atoms with Crippen LogP contribution in [-0.2, 0) is 16.6 Å². The molecule has 1 aromatic heterocycles. The average Bonchev–Trinajstić information content (AvgIpc) is 2.75. The van der Waals surface area contributed by atoms with Crippen molar-refractivity contribution >= 4 is 17.6 Å². The van der Waals surface area contributed by atoms with Gasteiger partial charge in [0.15, 0.2) is 6.61 Å². The van der Waals surface area contributed by atoms with Gasteiger partial charge in [-0.05, 0) is 0 Å². The van der Waals surface area contributed by atoms with Gasteiger partial charge in [0.2, 0.25) is 0 Å². The van der Waals surface area contributed by atoms with E-state index in [0.29, 0.717) is 0 Å². The van der Waals surface area contributed by atoms with Crippen molar-refractivity contribution in [3.8, 4) is 12.3 Å². The molecular weight excluding hydrogens is 254 g/mol. The van der Waals surface area contributed by atoms with E-state index in [2.05, 4.69) is 11.2 Å². The van der Waals surface area contributed by atoms with E-state index in [4.69, 9.17) is 11.2 Å². The summed E-state index contributed by atoms with van der Waals surface area (Å²) >= 11 is 0. The maximum Gasteiger partial charge on any atom is 0.355 e. The zero-order valence-corrected chi connectivity index (χ0v) is 10.1. The number of nitrogens with one attached hydrogen (secondary N) is 1. The lowest BCUT2D eigenvalue weighted by molar-refractivity contribution is -0.384. The fourth-order valence-corrected chi connectivity index (χ4v) is 1.26. The van der Waals surface area contributed by atoms with E-state index in [9.17, 15) is 19.7 Å². The van der Waals surface area contributed by atoms with Gasteiger partial charge in [0, 0.05) is 13.1 Å². The summed E-state index contributed by atoms with van der Waals surface area (Å²) in [6, 6.07) is 1.07. The van der Waals surface area contributed by atoms with Crippen molar-refractivity contribution in [2.45, 2.75) is 0 Å². The molecule has 0 unspecified atom stereocenters. The molecule has 0 saturated carbocycles. The Labute approximate surface area is 108 Å². The molecule has 0 fully saturated rings. The van der Waals surface area contributed by atoms with Gasteiger partial charge in [-0.15, -0.1) is 6.42 Å². The van der Waals surface area contributed by atoms with Crippen molar-refractivity contribution in [2.24, 2.45) is 7.05 Å². The monoisotopic (exact) mass is 265 g/mol. The van der Waals surface area contributed by atoms with Gasteiger partial charge in [-0.2, -0.15) is 0 Å². The summed E-state index contributed by atoms with van der Waals surface area (Å²) in [5, 5.41) is 12.8. The molecule has 0 spiro atoms. The Morgan fingerprint density at radius 3 is 2.84 bits per heavy atom. The summed E-state index contributed by atoms with van der Waals surface area (Å²) < 4.78 is 5.95. The molecule has 0 aromatic carbocycles. The van der Waals surface area contributed by atoms with Gasteiger partial charge in [0.05, 0.1) is 17.7 Å². The highest BCUT2D eigenvalue weighted by Gasteiger charge is 2.19. The van der Waals surface area contributed by atoms with Crippen molar-refractivity contribution in [1.82, 2.24) is 9.88 Å². The molecule has 8 heteroatoms. The molecule has 0 aliphatic carbocycles. The number of aromatic nitrogens is 1. The van der Waals surface area contributed by atoms with Gasteiger partial charge in [-0.1, -0.05) is 5.92 Å². The Morgan fingerprint density at radius 2 is 2.32 bits per heavy atom. The predicted octanol–water partition coefficient (Wildman–Crippen LogP) is -0.161. The second-order valence-corrected chi connectivity index (χ2v) is 3.51. The highest BCUT2D eigenvalue weighted by atomic mass is 16.6. The first-order chi connectivity index (χ1) is 8.95. The number of aryl methyl sites for hydroxylation is 1. The van der Waals surface area contributed by atoms with Crippen LogP contribution in [-0.4, -0.2) is 34.5 Å². The number of esters is 1. The Bertz CT molecular complexity index is 555. The molecule has 0 saturated heterocycles. The van der Waals surface area contributed by atoms with Crippen LogP contribution in [0.2, 0.25) is 0 Å². The van der Waals surface area contributed by atoms with Crippen molar-refractivity contribution in [2.75, 3.05) is 13.2 Å². The highest BCUT2D eigenvalue weighted by Crippen LogP contribution is 2.15. The van der Waals surface area contributed by atoms with Crippen molar-refractivity contribution in [3.63, 3.8) is 0 Å². The van der Waals surface area contributed by atoms with E-state index in [0.717, 1.165) is 6.07 Å². The topological polar surface area (TPSA) is 103 Å². The summed E-state index contributed by atoms with van der Waals surface area (Å²) in [5.74, 6) is 0.818. The lowest BCUT2D eigenvalue weighted by Gasteiger charge is -2.04. The van der Waals surface area contributed by atoms with Crippen LogP contribution in [0.5, 0.6) is 0 Å². The van der Waals surface area contributed by atoms with Gasteiger partial charge in [-0.25, -0.2) is 4.79 Å². The zero-order valence-electron chi connectivity index (χ0n) is 10.1. The predicted molar refractivity (Wildman–Crippen MR) is 64.2 cm³/mol. The maximum absolute atomic E-state index is 11.6. The Kier molecular flexibility index (Phi) is 4.65. The Morgan fingerprint density at radius 1 is 1.63 bits per heavy atom. The molecule has 1 aromatic rings. The van der Waals surface area contributed by atoms with E-state index in [-0.39, 0.29) is 17.9 Å². The van der Waals surface area contributed by atoms with E-state index >= 15 is 0 Å². The lowest BCUT2D eigenvalue weighted by atomic mass is 10.4. The molecule has 1 N–H and O–H groups in total. The third-order valence-electron chi connectivity index (χ3n) is 2.13. The van der Waals surface area contributed by atoms with Gasteiger partial charge in [0.25, 0.3) is 11.6 Å². The van der Waals surface area contributed by atoms with E-state index < -0.39 is 23.4 Å². The van der Waals surface area contributed by atoms with E-state index in [1.165, 1.54) is 17.8 Å². The van der Waals surface area contributed by atoms with Crippen LogP contribution < -0.4 is 5.32 Å². The van der Waals surface area contributed by atoms with Crippen molar-refractivity contribution < 1.29 is 19.2 Å². The largest absolute Gasteiger partial charge is 0.451 e. The molecule has 0 aliphatic rings. The van der Waals surface area contributed by atoms with Gasteiger partial charge in [-0.3, -0.25) is 14.9 Å². The summed E-state index contributed by atoms with van der Waals surface area (Å²) in [6.07, 6.45) is 6.11. The molecule has 100 valence electrons.